The molecule has 0 saturated carbocycles. The first kappa shape index (κ1) is 22.9. The monoisotopic (exact) mass is 488 g/mol. The quantitative estimate of drug-likeness (QED) is 0.389. The lowest BCUT2D eigenvalue weighted by molar-refractivity contribution is 0.0169. The van der Waals surface area contributed by atoms with Gasteiger partial charge in [-0.3, -0.25) is 9.78 Å². The molecule has 3 aromatic carbocycles. The van der Waals surface area contributed by atoms with Gasteiger partial charge in [-0.1, -0.05) is 42.5 Å². The van der Waals surface area contributed by atoms with E-state index >= 15 is 0 Å². The van der Waals surface area contributed by atoms with E-state index < -0.39 is 9.84 Å². The van der Waals surface area contributed by atoms with E-state index in [2.05, 4.69) is 4.98 Å². The number of hydrogen-bond donors (Lipinski definition) is 0. The third-order valence-electron chi connectivity index (χ3n) is 5.99. The van der Waals surface area contributed by atoms with Crippen LogP contribution in [0.25, 0.3) is 10.9 Å². The number of sulfone groups is 1. The number of aromatic nitrogens is 1. The molecule has 5 rings (SSSR count). The molecule has 1 amide bonds. The minimum Gasteiger partial charge on any atom is -0.493 e. The maximum absolute atomic E-state index is 13.1. The summed E-state index contributed by atoms with van der Waals surface area (Å²) in [7, 11) is -2.02. The fourth-order valence-corrected chi connectivity index (χ4v) is 5.66. The Hall–Kier alpha value is -3.91. The highest BCUT2D eigenvalue weighted by Crippen LogP contribution is 2.29. The molecular weight excluding hydrogens is 464 g/mol. The Labute approximate surface area is 203 Å². The first-order valence-electron chi connectivity index (χ1n) is 11.2. The summed E-state index contributed by atoms with van der Waals surface area (Å²) in [4.78, 5) is 19.0. The number of hydrogen-bond acceptors (Lipinski definition) is 6. The number of carbonyl (C=O) groups is 1. The number of pyridine rings is 1. The van der Waals surface area contributed by atoms with E-state index in [4.69, 9.17) is 9.47 Å². The van der Waals surface area contributed by atoms with Crippen molar-refractivity contribution in [3.63, 3.8) is 0 Å². The van der Waals surface area contributed by atoms with Crippen molar-refractivity contribution < 1.29 is 22.7 Å². The summed E-state index contributed by atoms with van der Waals surface area (Å²) in [5.41, 5.74) is 1.58. The number of amides is 1. The molecule has 0 aliphatic carbocycles. The van der Waals surface area contributed by atoms with E-state index in [9.17, 15) is 13.2 Å². The van der Waals surface area contributed by atoms with Crippen LogP contribution in [0.5, 0.6) is 11.5 Å². The van der Waals surface area contributed by atoms with E-state index in [1.807, 2.05) is 36.4 Å². The van der Waals surface area contributed by atoms with Gasteiger partial charge in [-0.2, -0.15) is 0 Å². The summed E-state index contributed by atoms with van der Waals surface area (Å²) in [5, 5.41) is 0.775. The summed E-state index contributed by atoms with van der Waals surface area (Å²) in [6.45, 7) is 0.947. The third kappa shape index (κ3) is 4.70. The molecule has 1 fully saturated rings. The van der Waals surface area contributed by atoms with Gasteiger partial charge in [0.2, 0.25) is 0 Å². The van der Waals surface area contributed by atoms with Gasteiger partial charge in [0.1, 0.15) is 6.10 Å². The van der Waals surface area contributed by atoms with Crippen LogP contribution in [0.15, 0.2) is 90.0 Å². The molecule has 0 spiro atoms. The standard InChI is InChI=1S/C27H24N2O5S/c1-33-23-8-2-3-9-24(23)34-22-16-29(17-22)27(30)21-13-11-19(12-14-21)18-35(31,32)25-10-4-6-20-7-5-15-28-26(20)25/h2-15,22H,16-18H2,1H3. The Morgan fingerprint density at radius 1 is 0.943 bits per heavy atom. The predicted molar refractivity (Wildman–Crippen MR) is 132 cm³/mol. The van der Waals surface area contributed by atoms with E-state index in [1.54, 1.807) is 60.7 Å². The number of fused-ring (bicyclic) bond motifs is 1. The van der Waals surface area contributed by atoms with Crippen LogP contribution in [-0.4, -0.2) is 50.5 Å². The summed E-state index contributed by atoms with van der Waals surface area (Å²) >= 11 is 0. The molecule has 2 heterocycles. The number of para-hydroxylation sites is 3. The molecule has 1 aliphatic heterocycles. The second-order valence-electron chi connectivity index (χ2n) is 8.39. The lowest BCUT2D eigenvalue weighted by atomic mass is 10.1. The molecule has 7 nitrogen and oxygen atoms in total. The first-order valence-corrected chi connectivity index (χ1v) is 12.8. The highest BCUT2D eigenvalue weighted by atomic mass is 32.2. The number of rotatable bonds is 7. The fraction of sp³-hybridized carbons (Fsp3) is 0.185. The third-order valence-corrected chi connectivity index (χ3v) is 7.70. The van der Waals surface area contributed by atoms with E-state index in [0.717, 1.165) is 5.39 Å². The van der Waals surface area contributed by atoms with Crippen LogP contribution >= 0.6 is 0 Å². The summed E-state index contributed by atoms with van der Waals surface area (Å²) < 4.78 is 37.4. The minimum absolute atomic E-state index is 0.103. The van der Waals surface area contributed by atoms with Gasteiger partial charge in [-0.15, -0.1) is 0 Å². The molecular formula is C27H24N2O5S. The van der Waals surface area contributed by atoms with E-state index in [0.29, 0.717) is 41.2 Å². The van der Waals surface area contributed by atoms with E-state index in [-0.39, 0.29) is 22.7 Å². The van der Waals surface area contributed by atoms with Crippen LogP contribution < -0.4 is 9.47 Å². The second kappa shape index (κ2) is 9.38. The first-order chi connectivity index (χ1) is 16.9. The maximum Gasteiger partial charge on any atom is 0.254 e. The average molecular weight is 489 g/mol. The summed E-state index contributed by atoms with van der Waals surface area (Å²) in [6, 6.07) is 22.9. The lowest BCUT2D eigenvalue weighted by Gasteiger charge is -2.39. The second-order valence-corrected chi connectivity index (χ2v) is 10.3. The van der Waals surface area contributed by atoms with Crippen LogP contribution in [0.4, 0.5) is 0 Å². The van der Waals surface area contributed by atoms with Gasteiger partial charge >= 0.3 is 0 Å². The van der Waals surface area contributed by atoms with Crippen LogP contribution in [-0.2, 0) is 15.6 Å². The zero-order valence-corrected chi connectivity index (χ0v) is 19.9. The zero-order valence-electron chi connectivity index (χ0n) is 19.1. The van der Waals surface area contributed by atoms with Gasteiger partial charge < -0.3 is 14.4 Å². The molecule has 4 aromatic rings. The molecule has 1 saturated heterocycles. The van der Waals surface area contributed by atoms with Gasteiger partial charge in [0.15, 0.2) is 21.3 Å². The zero-order chi connectivity index (χ0) is 24.4. The Morgan fingerprint density at radius 3 is 2.40 bits per heavy atom. The lowest BCUT2D eigenvalue weighted by Crippen LogP contribution is -2.56. The molecule has 0 unspecified atom stereocenters. The molecule has 0 atom stereocenters. The number of likely N-dealkylation sites (tertiary alicyclic amines) is 1. The highest BCUT2D eigenvalue weighted by molar-refractivity contribution is 7.90. The SMILES string of the molecule is COc1ccccc1OC1CN(C(=O)c2ccc(CS(=O)(=O)c3cccc4cccnc34)cc2)C1. The van der Waals surface area contributed by atoms with Gasteiger partial charge in [0.25, 0.3) is 5.91 Å². The molecule has 8 heteroatoms. The van der Waals surface area contributed by atoms with Crippen molar-refractivity contribution >= 4 is 26.6 Å². The molecule has 178 valence electrons. The number of methoxy groups -OCH3 is 1. The molecule has 35 heavy (non-hydrogen) atoms. The highest BCUT2D eigenvalue weighted by Gasteiger charge is 2.33. The topological polar surface area (TPSA) is 85.8 Å². The minimum atomic E-state index is -3.61. The van der Waals surface area contributed by atoms with Crippen molar-refractivity contribution in [2.75, 3.05) is 20.2 Å². The molecule has 0 radical (unpaired) electrons. The molecule has 0 bridgehead atoms. The average Bonchev–Trinajstić information content (AvgIpc) is 2.85. The number of carbonyl (C=O) groups excluding carboxylic acids is 1. The van der Waals surface area contributed by atoms with Crippen LogP contribution in [0, 0.1) is 0 Å². The van der Waals surface area contributed by atoms with Crippen LogP contribution in [0.1, 0.15) is 15.9 Å². The summed E-state index contributed by atoms with van der Waals surface area (Å²) in [5.74, 6) is 1.02. The van der Waals surface area contributed by atoms with Gasteiger partial charge in [-0.05, 0) is 42.0 Å². The maximum atomic E-state index is 13.1. The molecule has 1 aliphatic rings. The Morgan fingerprint density at radius 2 is 1.66 bits per heavy atom. The molecule has 0 N–H and O–H groups in total. The largest absolute Gasteiger partial charge is 0.493 e. The Balaban J connectivity index is 1.23. The van der Waals surface area contributed by atoms with Crippen molar-refractivity contribution in [1.29, 1.82) is 0 Å². The van der Waals surface area contributed by atoms with Crippen LogP contribution in [0.2, 0.25) is 0 Å². The number of ether oxygens (including phenoxy) is 2. The number of nitrogens with zero attached hydrogens (tertiary/aromatic N) is 2. The normalized spacial score (nSPS) is 13.9. The van der Waals surface area contributed by atoms with Gasteiger partial charge in [0.05, 0.1) is 36.4 Å². The number of benzene rings is 3. The van der Waals surface area contributed by atoms with Crippen LogP contribution in [0.3, 0.4) is 0 Å². The van der Waals surface area contributed by atoms with Gasteiger partial charge in [0, 0.05) is 17.1 Å². The van der Waals surface area contributed by atoms with E-state index in [1.165, 1.54) is 0 Å². The Kier molecular flexibility index (Phi) is 6.13. The molecule has 1 aromatic heterocycles. The van der Waals surface area contributed by atoms with Crippen molar-refractivity contribution in [1.82, 2.24) is 9.88 Å². The Bertz CT molecular complexity index is 1470. The fourth-order valence-electron chi connectivity index (χ4n) is 4.12. The van der Waals surface area contributed by atoms with Gasteiger partial charge in [-0.25, -0.2) is 8.42 Å². The van der Waals surface area contributed by atoms with Crippen molar-refractivity contribution in [2.24, 2.45) is 0 Å². The van der Waals surface area contributed by atoms with Crippen molar-refractivity contribution in [2.45, 2.75) is 16.8 Å². The smallest absolute Gasteiger partial charge is 0.254 e. The van der Waals surface area contributed by atoms with Crippen molar-refractivity contribution in [3.8, 4) is 11.5 Å². The van der Waals surface area contributed by atoms with Crippen molar-refractivity contribution in [3.05, 3.63) is 96.2 Å². The predicted octanol–water partition coefficient (Wildman–Crippen LogP) is 4.12. The summed E-state index contributed by atoms with van der Waals surface area (Å²) in [6.07, 6.45) is 1.48.